The summed E-state index contributed by atoms with van der Waals surface area (Å²) in [5.74, 6) is -0.470. The molecular formula is C22H20F3N3O4S2. The lowest BCUT2D eigenvalue weighted by Gasteiger charge is -2.22. The van der Waals surface area contributed by atoms with Gasteiger partial charge in [0.25, 0.3) is 5.91 Å². The Labute approximate surface area is 198 Å². The molecule has 1 fully saturated rings. The third-order valence-corrected chi connectivity index (χ3v) is 8.56. The van der Waals surface area contributed by atoms with Gasteiger partial charge in [0.2, 0.25) is 10.0 Å². The molecule has 3 aromatic rings. The van der Waals surface area contributed by atoms with Crippen molar-refractivity contribution in [3.63, 3.8) is 0 Å². The molecule has 0 saturated carbocycles. The molecule has 1 aromatic heterocycles. The lowest BCUT2D eigenvalue weighted by molar-refractivity contribution is -0.141. The van der Waals surface area contributed by atoms with Crippen molar-refractivity contribution >= 4 is 38.6 Å². The summed E-state index contributed by atoms with van der Waals surface area (Å²) in [5, 5.41) is 9.48. The van der Waals surface area contributed by atoms with E-state index in [0.29, 0.717) is 34.4 Å². The number of halogens is 3. The lowest BCUT2D eigenvalue weighted by atomic mass is 10.2. The second kappa shape index (κ2) is 9.53. The smallest absolute Gasteiger partial charge is 0.289 e. The molecule has 1 saturated heterocycles. The number of benzene rings is 2. The number of hydrogen-bond donors (Lipinski definition) is 2. The average Bonchev–Trinajstić information content (AvgIpc) is 3.32. The molecule has 0 spiro atoms. The number of hydrogen-bond acceptors (Lipinski definition) is 6. The van der Waals surface area contributed by atoms with Crippen LogP contribution < -0.4 is 5.48 Å². The third kappa shape index (κ3) is 4.90. The van der Waals surface area contributed by atoms with E-state index in [9.17, 15) is 26.4 Å². The number of thioether (sulfide) groups is 1. The van der Waals surface area contributed by atoms with E-state index in [1.165, 1.54) is 35.4 Å². The van der Waals surface area contributed by atoms with E-state index < -0.39 is 33.8 Å². The fourth-order valence-corrected chi connectivity index (χ4v) is 6.52. The Morgan fingerprint density at radius 2 is 1.88 bits per heavy atom. The summed E-state index contributed by atoms with van der Waals surface area (Å²) < 4.78 is 66.8. The maximum atomic E-state index is 13.3. The van der Waals surface area contributed by atoms with Gasteiger partial charge in [0.15, 0.2) is 0 Å². The van der Waals surface area contributed by atoms with Crippen molar-refractivity contribution in [1.82, 2.24) is 14.8 Å². The van der Waals surface area contributed by atoms with Crippen molar-refractivity contribution in [1.29, 1.82) is 0 Å². The number of rotatable bonds is 6. The predicted molar refractivity (Wildman–Crippen MR) is 120 cm³/mol. The zero-order valence-electron chi connectivity index (χ0n) is 17.6. The van der Waals surface area contributed by atoms with Crippen molar-refractivity contribution < 1.29 is 31.6 Å². The van der Waals surface area contributed by atoms with Crippen molar-refractivity contribution in [2.45, 2.75) is 40.6 Å². The Morgan fingerprint density at radius 1 is 1.18 bits per heavy atom. The highest BCUT2D eigenvalue weighted by Gasteiger charge is 2.39. The SMILES string of the molecule is O=C(NO)[C@H]1CCCN1S(=O)(=O)c1ccc(CSc2cc(C(F)(F)F)nc3ccccc23)cc1. The first-order chi connectivity index (χ1) is 16.1. The van der Waals surface area contributed by atoms with Gasteiger partial charge >= 0.3 is 6.18 Å². The molecular weight excluding hydrogens is 491 g/mol. The Morgan fingerprint density at radius 3 is 2.56 bits per heavy atom. The molecule has 0 aliphatic carbocycles. The number of aromatic nitrogens is 1. The van der Waals surface area contributed by atoms with Gasteiger partial charge in [-0.2, -0.15) is 17.5 Å². The van der Waals surface area contributed by atoms with E-state index in [2.05, 4.69) is 4.98 Å². The predicted octanol–water partition coefficient (Wildman–Crippen LogP) is 4.20. The number of nitrogens with zero attached hydrogens (tertiary/aromatic N) is 2. The maximum absolute atomic E-state index is 13.3. The lowest BCUT2D eigenvalue weighted by Crippen LogP contribution is -2.44. The number of fused-ring (bicyclic) bond motifs is 1. The van der Waals surface area contributed by atoms with Gasteiger partial charge in [-0.15, -0.1) is 11.8 Å². The number of amides is 1. The summed E-state index contributed by atoms with van der Waals surface area (Å²) in [6.45, 7) is 0.161. The molecule has 12 heteroatoms. The van der Waals surface area contributed by atoms with Crippen molar-refractivity contribution in [3.8, 4) is 0 Å². The Balaban J connectivity index is 1.54. The minimum atomic E-state index is -4.57. The van der Waals surface area contributed by atoms with Gasteiger partial charge in [-0.05, 0) is 42.7 Å². The van der Waals surface area contributed by atoms with E-state index in [1.807, 2.05) is 0 Å². The summed E-state index contributed by atoms with van der Waals surface area (Å²) in [7, 11) is -3.96. The summed E-state index contributed by atoms with van der Waals surface area (Å²) in [6.07, 6.45) is -3.78. The highest BCUT2D eigenvalue weighted by atomic mass is 32.2. The van der Waals surface area contributed by atoms with E-state index in [1.54, 1.807) is 30.3 Å². The molecule has 1 amide bonds. The highest BCUT2D eigenvalue weighted by Crippen LogP contribution is 2.36. The zero-order chi connectivity index (χ0) is 24.5. The Hall–Kier alpha value is -2.67. The van der Waals surface area contributed by atoms with Crippen LogP contribution in [0.15, 0.2) is 64.4 Å². The van der Waals surface area contributed by atoms with Crippen LogP contribution in [-0.2, 0) is 26.7 Å². The van der Waals surface area contributed by atoms with Crippen LogP contribution in [0.1, 0.15) is 24.1 Å². The molecule has 0 unspecified atom stereocenters. The monoisotopic (exact) mass is 511 g/mol. The molecule has 1 aliphatic heterocycles. The van der Waals surface area contributed by atoms with Gasteiger partial charge in [-0.25, -0.2) is 18.9 Å². The first-order valence-electron chi connectivity index (χ1n) is 10.3. The van der Waals surface area contributed by atoms with Gasteiger partial charge in [0, 0.05) is 22.6 Å². The average molecular weight is 512 g/mol. The van der Waals surface area contributed by atoms with Crippen LogP contribution in [0.2, 0.25) is 0 Å². The van der Waals surface area contributed by atoms with Gasteiger partial charge < -0.3 is 0 Å². The van der Waals surface area contributed by atoms with Crippen LogP contribution in [0.25, 0.3) is 10.9 Å². The number of para-hydroxylation sites is 1. The van der Waals surface area contributed by atoms with Crippen molar-refractivity contribution in [2.24, 2.45) is 0 Å². The molecule has 180 valence electrons. The standard InChI is InChI=1S/C22H20F3N3O4S2/c23-22(24,25)20-12-19(16-4-1-2-5-17(16)26-20)33-13-14-7-9-15(10-8-14)34(31,32)28-11-3-6-18(28)21(29)27-30/h1-2,4-5,7-10,12,18,30H,3,6,11,13H2,(H,27,29)/t18-/m1/s1. The van der Waals surface area contributed by atoms with Crippen LogP contribution in [-0.4, -0.2) is 41.4 Å². The van der Waals surface area contributed by atoms with E-state index in [-0.39, 0.29) is 17.0 Å². The van der Waals surface area contributed by atoms with Gasteiger partial charge in [0.1, 0.15) is 11.7 Å². The highest BCUT2D eigenvalue weighted by molar-refractivity contribution is 7.98. The molecule has 2 aromatic carbocycles. The van der Waals surface area contributed by atoms with Crippen molar-refractivity contribution in [2.75, 3.05) is 6.54 Å². The number of hydroxylamine groups is 1. The van der Waals surface area contributed by atoms with E-state index in [0.717, 1.165) is 10.4 Å². The summed E-state index contributed by atoms with van der Waals surface area (Å²) in [5.41, 5.74) is 1.49. The van der Waals surface area contributed by atoms with Crippen molar-refractivity contribution in [3.05, 3.63) is 65.9 Å². The molecule has 2 heterocycles. The molecule has 7 nitrogen and oxygen atoms in total. The second-order valence-electron chi connectivity index (χ2n) is 7.70. The molecule has 0 radical (unpaired) electrons. The first-order valence-corrected chi connectivity index (χ1v) is 12.7. The fourth-order valence-electron chi connectivity index (χ4n) is 3.83. The van der Waals surface area contributed by atoms with Crippen LogP contribution in [0.4, 0.5) is 13.2 Å². The Bertz CT molecular complexity index is 1320. The fraction of sp³-hybridized carbons (Fsp3) is 0.273. The molecule has 1 aliphatic rings. The third-order valence-electron chi connectivity index (χ3n) is 5.51. The zero-order valence-corrected chi connectivity index (χ0v) is 19.3. The molecule has 2 N–H and O–H groups in total. The van der Waals surface area contributed by atoms with Gasteiger partial charge in [0.05, 0.1) is 10.4 Å². The Kier molecular flexibility index (Phi) is 6.85. The first kappa shape index (κ1) is 24.5. The number of alkyl halides is 3. The summed E-state index contributed by atoms with van der Waals surface area (Å²) in [6, 6.07) is 12.6. The summed E-state index contributed by atoms with van der Waals surface area (Å²) in [4.78, 5) is 15.9. The maximum Gasteiger partial charge on any atom is 0.433 e. The topological polar surface area (TPSA) is 99.6 Å². The number of carbonyl (C=O) groups excluding carboxylic acids is 1. The molecule has 1 atom stereocenters. The quantitative estimate of drug-likeness (QED) is 0.292. The number of nitrogens with one attached hydrogen (secondary N) is 1. The van der Waals surface area contributed by atoms with E-state index in [4.69, 9.17) is 5.21 Å². The minimum Gasteiger partial charge on any atom is -0.289 e. The van der Waals surface area contributed by atoms with Crippen LogP contribution >= 0.6 is 11.8 Å². The van der Waals surface area contributed by atoms with Gasteiger partial charge in [-0.1, -0.05) is 30.3 Å². The number of pyridine rings is 1. The van der Waals surface area contributed by atoms with E-state index >= 15 is 0 Å². The molecule has 0 bridgehead atoms. The number of sulfonamides is 1. The van der Waals surface area contributed by atoms with Crippen LogP contribution in [0.5, 0.6) is 0 Å². The molecule has 34 heavy (non-hydrogen) atoms. The molecule has 4 rings (SSSR count). The normalized spacial score (nSPS) is 17.2. The van der Waals surface area contributed by atoms with Gasteiger partial charge in [-0.3, -0.25) is 10.0 Å². The number of carbonyl (C=O) groups is 1. The minimum absolute atomic E-state index is 0.00684. The summed E-state index contributed by atoms with van der Waals surface area (Å²) >= 11 is 1.20. The van der Waals surface area contributed by atoms with Crippen LogP contribution in [0, 0.1) is 0 Å². The van der Waals surface area contributed by atoms with Crippen LogP contribution in [0.3, 0.4) is 0 Å². The largest absolute Gasteiger partial charge is 0.433 e. The second-order valence-corrected chi connectivity index (χ2v) is 10.6.